The van der Waals surface area contributed by atoms with Gasteiger partial charge < -0.3 is 4.90 Å². The van der Waals surface area contributed by atoms with Gasteiger partial charge in [0, 0.05) is 23.8 Å². The Kier molecular flexibility index (Phi) is 5.92. The van der Waals surface area contributed by atoms with E-state index in [2.05, 4.69) is 47.9 Å². The van der Waals surface area contributed by atoms with E-state index in [1.165, 1.54) is 94.7 Å². The molecule has 0 aromatic heterocycles. The molecule has 2 nitrogen and oxygen atoms in total. The Balaban J connectivity index is 1.58. The fourth-order valence-corrected chi connectivity index (χ4v) is 7.69. The first-order chi connectivity index (χ1) is 14.3. The Labute approximate surface area is 179 Å². The predicted molar refractivity (Wildman–Crippen MR) is 123 cm³/mol. The highest BCUT2D eigenvalue weighted by molar-refractivity contribution is 5.56. The van der Waals surface area contributed by atoms with Crippen molar-refractivity contribution in [3.63, 3.8) is 0 Å². The molecule has 5 rings (SSSR count). The first-order valence-corrected chi connectivity index (χ1v) is 12.9. The molecule has 4 fully saturated rings. The van der Waals surface area contributed by atoms with E-state index in [1.807, 2.05) is 0 Å². The van der Waals surface area contributed by atoms with Crippen molar-refractivity contribution < 1.29 is 0 Å². The minimum absolute atomic E-state index is 0.641. The van der Waals surface area contributed by atoms with Crippen LogP contribution in [-0.4, -0.2) is 29.2 Å². The van der Waals surface area contributed by atoms with Gasteiger partial charge in [0.2, 0.25) is 0 Å². The van der Waals surface area contributed by atoms with Crippen LogP contribution in [0.2, 0.25) is 0 Å². The van der Waals surface area contributed by atoms with Crippen LogP contribution in [0.1, 0.15) is 96.0 Å². The van der Waals surface area contributed by atoms with Crippen molar-refractivity contribution in [3.8, 4) is 0 Å². The van der Waals surface area contributed by atoms with E-state index in [4.69, 9.17) is 0 Å². The lowest BCUT2D eigenvalue weighted by atomic mass is 9.87. The third kappa shape index (κ3) is 3.64. The van der Waals surface area contributed by atoms with Gasteiger partial charge in [-0.15, -0.1) is 0 Å². The summed E-state index contributed by atoms with van der Waals surface area (Å²) in [6.07, 6.45) is 19.6. The number of aryl methyl sites for hydroxylation is 1. The van der Waals surface area contributed by atoms with Crippen LogP contribution in [0.15, 0.2) is 24.3 Å². The van der Waals surface area contributed by atoms with E-state index in [0.717, 1.165) is 23.9 Å². The molecule has 3 atom stereocenters. The van der Waals surface area contributed by atoms with Gasteiger partial charge >= 0.3 is 0 Å². The molecule has 1 aromatic carbocycles. The highest BCUT2D eigenvalue weighted by atomic mass is 15.5. The Bertz CT molecular complexity index is 667. The minimum atomic E-state index is 0.641. The molecule has 0 bridgehead atoms. The van der Waals surface area contributed by atoms with Gasteiger partial charge in [-0.25, -0.2) is 0 Å². The van der Waals surface area contributed by atoms with E-state index in [-0.39, 0.29) is 0 Å². The maximum Gasteiger partial charge on any atom is 0.0858 e. The minimum Gasteiger partial charge on any atom is -0.351 e. The molecule has 0 spiro atoms. The van der Waals surface area contributed by atoms with E-state index in [0.29, 0.717) is 12.2 Å². The molecule has 1 aromatic rings. The second-order valence-corrected chi connectivity index (χ2v) is 10.7. The summed E-state index contributed by atoms with van der Waals surface area (Å²) in [5.41, 5.74) is 3.00. The van der Waals surface area contributed by atoms with Crippen LogP contribution in [0.5, 0.6) is 0 Å². The Morgan fingerprint density at radius 1 is 0.724 bits per heavy atom. The molecule has 29 heavy (non-hydrogen) atoms. The smallest absolute Gasteiger partial charge is 0.0858 e. The Morgan fingerprint density at radius 3 is 1.97 bits per heavy atom. The maximum atomic E-state index is 3.16. The van der Waals surface area contributed by atoms with E-state index in [9.17, 15) is 0 Å². The summed E-state index contributed by atoms with van der Waals surface area (Å²) >= 11 is 0. The lowest BCUT2D eigenvalue weighted by Crippen LogP contribution is -2.52. The van der Waals surface area contributed by atoms with Gasteiger partial charge in [0.25, 0.3) is 0 Å². The molecule has 0 radical (unpaired) electrons. The summed E-state index contributed by atoms with van der Waals surface area (Å²) in [6, 6.07) is 11.5. The van der Waals surface area contributed by atoms with Crippen LogP contribution >= 0.6 is 0 Å². The first kappa shape index (κ1) is 19.9. The largest absolute Gasteiger partial charge is 0.351 e. The number of para-hydroxylation sites is 1. The second-order valence-electron chi connectivity index (χ2n) is 10.7. The molecule has 1 heterocycles. The van der Waals surface area contributed by atoms with Gasteiger partial charge in [-0.05, 0) is 75.8 Å². The van der Waals surface area contributed by atoms with Gasteiger partial charge in [0.1, 0.15) is 0 Å². The monoisotopic (exact) mass is 394 g/mol. The Morgan fingerprint density at radius 2 is 1.31 bits per heavy atom. The quantitative estimate of drug-likeness (QED) is 0.547. The summed E-state index contributed by atoms with van der Waals surface area (Å²) in [7, 11) is 0. The molecule has 2 heteroatoms. The third-order valence-electron chi connectivity index (χ3n) is 8.96. The van der Waals surface area contributed by atoms with Crippen molar-refractivity contribution >= 4 is 5.69 Å². The zero-order valence-electron chi connectivity index (χ0n) is 18.9. The van der Waals surface area contributed by atoms with Crippen molar-refractivity contribution in [3.05, 3.63) is 29.8 Å². The lowest BCUT2D eigenvalue weighted by molar-refractivity contribution is 0.0461. The summed E-state index contributed by atoms with van der Waals surface area (Å²) in [5.74, 6) is 1.79. The average molecular weight is 395 g/mol. The van der Waals surface area contributed by atoms with Gasteiger partial charge in [0.15, 0.2) is 0 Å². The summed E-state index contributed by atoms with van der Waals surface area (Å²) in [5, 5.41) is 0. The number of benzene rings is 1. The van der Waals surface area contributed by atoms with Crippen molar-refractivity contribution in [2.75, 3.05) is 4.90 Å². The topological polar surface area (TPSA) is 6.48 Å². The van der Waals surface area contributed by atoms with Crippen LogP contribution in [0.4, 0.5) is 5.69 Å². The van der Waals surface area contributed by atoms with Gasteiger partial charge in [-0.1, -0.05) is 63.1 Å². The van der Waals surface area contributed by atoms with E-state index in [1.54, 1.807) is 0 Å². The molecule has 1 saturated heterocycles. The lowest BCUT2D eigenvalue weighted by Gasteiger charge is -2.44. The molecule has 3 aliphatic carbocycles. The predicted octanol–water partition coefficient (Wildman–Crippen LogP) is 6.91. The number of rotatable bonds is 4. The summed E-state index contributed by atoms with van der Waals surface area (Å²) in [6.45, 7) is 4.92. The number of nitrogens with zero attached hydrogens (tertiary/aromatic N) is 2. The summed E-state index contributed by atoms with van der Waals surface area (Å²) in [4.78, 5) is 6.09. The first-order valence-electron chi connectivity index (χ1n) is 12.9. The van der Waals surface area contributed by atoms with Crippen molar-refractivity contribution in [2.45, 2.75) is 122 Å². The zero-order chi connectivity index (χ0) is 19.8. The normalized spacial score (nSPS) is 33.2. The van der Waals surface area contributed by atoms with Crippen LogP contribution in [0.3, 0.4) is 0 Å². The molecule has 4 aliphatic rings. The van der Waals surface area contributed by atoms with Crippen molar-refractivity contribution in [1.82, 2.24) is 4.90 Å². The van der Waals surface area contributed by atoms with Crippen molar-refractivity contribution in [2.24, 2.45) is 11.8 Å². The van der Waals surface area contributed by atoms with Crippen LogP contribution < -0.4 is 4.90 Å². The molecule has 0 amide bonds. The van der Waals surface area contributed by atoms with Gasteiger partial charge in [-0.2, -0.15) is 0 Å². The van der Waals surface area contributed by atoms with E-state index >= 15 is 0 Å². The standard InChI is InChI=1S/C27H42N2/c1-20-12-6-11-19-25(20)28-21(2)26(22-13-7-8-14-22)29(24-17-4-3-5-18-24)27(28)23-15-9-10-16-23/h6,11-12,19,21-24,26-27H,3-5,7-10,13-18H2,1-2H3/t21-,26?,27?/m0/s1. The van der Waals surface area contributed by atoms with Gasteiger partial charge in [-0.3, -0.25) is 4.90 Å². The maximum absolute atomic E-state index is 3.16. The number of hydrogen-bond acceptors (Lipinski definition) is 2. The highest BCUT2D eigenvalue weighted by Gasteiger charge is 2.53. The van der Waals surface area contributed by atoms with Crippen LogP contribution in [0.25, 0.3) is 0 Å². The number of anilines is 1. The zero-order valence-corrected chi connectivity index (χ0v) is 18.9. The van der Waals surface area contributed by atoms with E-state index < -0.39 is 0 Å². The van der Waals surface area contributed by atoms with Crippen LogP contribution in [-0.2, 0) is 0 Å². The number of hydrogen-bond donors (Lipinski definition) is 0. The molecule has 1 aliphatic heterocycles. The summed E-state index contributed by atoms with van der Waals surface area (Å²) < 4.78 is 0. The molecular formula is C27H42N2. The molecule has 160 valence electrons. The highest BCUT2D eigenvalue weighted by Crippen LogP contribution is 2.48. The fourth-order valence-electron chi connectivity index (χ4n) is 7.69. The SMILES string of the molecule is Cc1ccccc1N1C(C2CCCC2)N(C2CCCCC2)C(C2CCCC2)[C@@H]1C. The Hall–Kier alpha value is -1.02. The third-order valence-corrected chi connectivity index (χ3v) is 8.96. The molecule has 0 N–H and O–H groups in total. The second kappa shape index (κ2) is 8.61. The van der Waals surface area contributed by atoms with Gasteiger partial charge in [0.05, 0.1) is 6.17 Å². The van der Waals surface area contributed by atoms with Crippen LogP contribution in [0, 0.1) is 18.8 Å². The molecule has 2 unspecified atom stereocenters. The molecular weight excluding hydrogens is 352 g/mol. The average Bonchev–Trinajstić information content (AvgIpc) is 3.49. The molecule has 3 saturated carbocycles. The fraction of sp³-hybridized carbons (Fsp3) is 0.778. The van der Waals surface area contributed by atoms with Crippen molar-refractivity contribution in [1.29, 1.82) is 0 Å².